The van der Waals surface area contributed by atoms with Crippen LogP contribution in [0.1, 0.15) is 0 Å². The molecule has 0 atom stereocenters. The van der Waals surface area contributed by atoms with Gasteiger partial charge in [0.15, 0.2) is 0 Å². The average molecular weight is 331 g/mol. The van der Waals surface area contributed by atoms with Gasteiger partial charge in [-0.15, -0.1) is 0 Å². The van der Waals surface area contributed by atoms with Crippen molar-refractivity contribution >= 4 is 43.7 Å². The second kappa shape index (κ2) is 4.80. The number of pyridine rings is 1. The van der Waals surface area contributed by atoms with E-state index in [0.717, 1.165) is 27.2 Å². The van der Waals surface area contributed by atoms with Crippen LogP contribution in [0.4, 0.5) is 0 Å². The second-order valence-electron chi connectivity index (χ2n) is 5.97. The minimum atomic E-state index is -0.395. The summed E-state index contributed by atoms with van der Waals surface area (Å²) in [6.45, 7) is 0. The van der Waals surface area contributed by atoms with E-state index in [9.17, 15) is 4.79 Å². The van der Waals surface area contributed by atoms with Crippen LogP contribution in [0.15, 0.2) is 51.8 Å². The zero-order chi connectivity index (χ0) is 17.1. The standard InChI is InChI=1S/C19H13N3O3/c1-22-15-5-3-10-7-13-18(21-17(10)14(15)9-20-22)12-8-11(24-2)4-6-16(12)25-19(13)23/h3-9H,1-2H3. The molecule has 3 heterocycles. The van der Waals surface area contributed by atoms with Gasteiger partial charge in [0, 0.05) is 23.2 Å². The third-order valence-electron chi connectivity index (χ3n) is 4.58. The molecule has 0 unspecified atom stereocenters. The van der Waals surface area contributed by atoms with Crippen LogP contribution < -0.4 is 10.4 Å². The Morgan fingerprint density at radius 3 is 2.76 bits per heavy atom. The molecule has 0 aliphatic carbocycles. The van der Waals surface area contributed by atoms with E-state index >= 15 is 0 Å². The summed E-state index contributed by atoms with van der Waals surface area (Å²) in [6.07, 6.45) is 1.80. The van der Waals surface area contributed by atoms with Crippen molar-refractivity contribution in [3.05, 3.63) is 53.0 Å². The topological polar surface area (TPSA) is 70.2 Å². The first-order chi connectivity index (χ1) is 12.2. The molecule has 2 aromatic carbocycles. The molecule has 6 heteroatoms. The maximum atomic E-state index is 12.4. The molecule has 122 valence electrons. The molecule has 0 bridgehead atoms. The molecule has 0 aliphatic heterocycles. The van der Waals surface area contributed by atoms with E-state index in [-0.39, 0.29) is 0 Å². The highest BCUT2D eigenvalue weighted by Crippen LogP contribution is 2.30. The number of ether oxygens (including phenoxy) is 1. The Labute approximate surface area is 141 Å². The summed E-state index contributed by atoms with van der Waals surface area (Å²) in [5.41, 5.74) is 2.50. The van der Waals surface area contributed by atoms with Gasteiger partial charge in [-0.2, -0.15) is 5.10 Å². The Morgan fingerprint density at radius 2 is 1.92 bits per heavy atom. The van der Waals surface area contributed by atoms with Gasteiger partial charge < -0.3 is 9.15 Å². The van der Waals surface area contributed by atoms with Gasteiger partial charge in [0.1, 0.15) is 11.3 Å². The van der Waals surface area contributed by atoms with E-state index in [4.69, 9.17) is 14.1 Å². The number of rotatable bonds is 1. The van der Waals surface area contributed by atoms with Crippen LogP contribution in [0.25, 0.3) is 43.7 Å². The van der Waals surface area contributed by atoms with E-state index in [1.54, 1.807) is 30.1 Å². The fraction of sp³-hybridized carbons (Fsp3) is 0.105. The lowest BCUT2D eigenvalue weighted by Crippen LogP contribution is -2.01. The van der Waals surface area contributed by atoms with Crippen molar-refractivity contribution in [3.8, 4) is 5.75 Å². The summed E-state index contributed by atoms with van der Waals surface area (Å²) in [6, 6.07) is 11.1. The minimum absolute atomic E-state index is 0.395. The van der Waals surface area contributed by atoms with Crippen LogP contribution in [0.3, 0.4) is 0 Å². The SMILES string of the molecule is COc1ccc2oc(=O)c3cc4ccc5c(cnn5C)c4nc3c2c1. The first-order valence-electron chi connectivity index (χ1n) is 7.82. The van der Waals surface area contributed by atoms with Gasteiger partial charge in [-0.3, -0.25) is 4.68 Å². The lowest BCUT2D eigenvalue weighted by molar-refractivity contribution is 0.415. The molecule has 0 spiro atoms. The van der Waals surface area contributed by atoms with E-state index in [1.807, 2.05) is 31.3 Å². The van der Waals surface area contributed by atoms with Gasteiger partial charge in [-0.05, 0) is 30.3 Å². The maximum absolute atomic E-state index is 12.4. The van der Waals surface area contributed by atoms with Crippen molar-refractivity contribution in [2.45, 2.75) is 0 Å². The van der Waals surface area contributed by atoms with Gasteiger partial charge in [-0.25, -0.2) is 9.78 Å². The number of hydrogen-bond donors (Lipinski definition) is 0. The smallest absolute Gasteiger partial charge is 0.345 e. The molecule has 0 N–H and O–H groups in total. The summed E-state index contributed by atoms with van der Waals surface area (Å²) in [7, 11) is 3.49. The fourth-order valence-corrected chi connectivity index (χ4v) is 3.29. The second-order valence-corrected chi connectivity index (χ2v) is 5.97. The van der Waals surface area contributed by atoms with Crippen molar-refractivity contribution in [2.75, 3.05) is 7.11 Å². The lowest BCUT2D eigenvalue weighted by atomic mass is 10.1. The van der Waals surface area contributed by atoms with Crippen LogP contribution in [-0.4, -0.2) is 21.9 Å². The molecule has 6 nitrogen and oxygen atoms in total. The first-order valence-corrected chi connectivity index (χ1v) is 7.82. The number of benzene rings is 2. The van der Waals surface area contributed by atoms with Crippen LogP contribution in [0, 0.1) is 0 Å². The zero-order valence-electron chi connectivity index (χ0n) is 13.6. The van der Waals surface area contributed by atoms with Crippen molar-refractivity contribution in [2.24, 2.45) is 7.05 Å². The number of aryl methyl sites for hydroxylation is 1. The fourth-order valence-electron chi connectivity index (χ4n) is 3.29. The monoisotopic (exact) mass is 331 g/mol. The maximum Gasteiger partial charge on any atom is 0.345 e. The largest absolute Gasteiger partial charge is 0.497 e. The van der Waals surface area contributed by atoms with Crippen molar-refractivity contribution in [1.29, 1.82) is 0 Å². The number of methoxy groups -OCH3 is 1. The Morgan fingerprint density at radius 1 is 1.04 bits per heavy atom. The highest BCUT2D eigenvalue weighted by atomic mass is 16.5. The molecule has 0 saturated heterocycles. The van der Waals surface area contributed by atoms with E-state index in [1.165, 1.54) is 0 Å². The highest BCUT2D eigenvalue weighted by Gasteiger charge is 2.13. The van der Waals surface area contributed by atoms with Gasteiger partial charge in [0.25, 0.3) is 0 Å². The zero-order valence-corrected chi connectivity index (χ0v) is 13.6. The Hall–Kier alpha value is -3.41. The average Bonchev–Trinajstić information content (AvgIpc) is 3.02. The lowest BCUT2D eigenvalue weighted by Gasteiger charge is -2.07. The molecular weight excluding hydrogens is 318 g/mol. The normalized spacial score (nSPS) is 11.8. The molecule has 25 heavy (non-hydrogen) atoms. The first kappa shape index (κ1) is 14.0. The highest BCUT2D eigenvalue weighted by molar-refractivity contribution is 6.11. The minimum Gasteiger partial charge on any atom is -0.497 e. The quantitative estimate of drug-likeness (QED) is 0.267. The van der Waals surface area contributed by atoms with Gasteiger partial charge in [-0.1, -0.05) is 6.07 Å². The molecule has 5 rings (SSSR count). The van der Waals surface area contributed by atoms with Crippen LogP contribution in [0.5, 0.6) is 5.75 Å². The van der Waals surface area contributed by atoms with E-state index < -0.39 is 5.63 Å². The van der Waals surface area contributed by atoms with E-state index in [2.05, 4.69) is 5.10 Å². The predicted molar refractivity (Wildman–Crippen MR) is 96.1 cm³/mol. The predicted octanol–water partition coefficient (Wildman–Crippen LogP) is 3.39. The molecule has 3 aromatic heterocycles. The van der Waals surface area contributed by atoms with Gasteiger partial charge >= 0.3 is 5.63 Å². The molecule has 0 radical (unpaired) electrons. The third kappa shape index (κ3) is 1.88. The molecule has 0 amide bonds. The third-order valence-corrected chi connectivity index (χ3v) is 4.58. The summed E-state index contributed by atoms with van der Waals surface area (Å²) in [5, 5.41) is 7.34. The Balaban J connectivity index is 2.04. The Kier molecular flexibility index (Phi) is 2.68. The molecular formula is C19H13N3O3. The number of nitrogens with zero attached hydrogens (tertiary/aromatic N) is 3. The summed E-state index contributed by atoms with van der Waals surface area (Å²) in [5.74, 6) is 0.684. The van der Waals surface area contributed by atoms with Crippen molar-refractivity contribution < 1.29 is 9.15 Å². The number of aromatic nitrogens is 3. The molecule has 0 aliphatic rings. The molecule has 0 saturated carbocycles. The van der Waals surface area contributed by atoms with Crippen LogP contribution in [-0.2, 0) is 7.05 Å². The summed E-state index contributed by atoms with van der Waals surface area (Å²) >= 11 is 0. The number of hydrogen-bond acceptors (Lipinski definition) is 5. The van der Waals surface area contributed by atoms with Crippen LogP contribution in [0.2, 0.25) is 0 Å². The van der Waals surface area contributed by atoms with Gasteiger partial charge in [0.05, 0.1) is 35.2 Å². The van der Waals surface area contributed by atoms with Crippen molar-refractivity contribution in [1.82, 2.24) is 14.8 Å². The summed E-state index contributed by atoms with van der Waals surface area (Å²) in [4.78, 5) is 17.2. The Bertz CT molecular complexity index is 1370. The van der Waals surface area contributed by atoms with E-state index in [0.29, 0.717) is 22.2 Å². The van der Waals surface area contributed by atoms with Crippen molar-refractivity contribution in [3.63, 3.8) is 0 Å². The number of fused-ring (bicyclic) bond motifs is 6. The van der Waals surface area contributed by atoms with Crippen LogP contribution >= 0.6 is 0 Å². The molecule has 0 fully saturated rings. The summed E-state index contributed by atoms with van der Waals surface area (Å²) < 4.78 is 12.6. The van der Waals surface area contributed by atoms with Gasteiger partial charge in [0.2, 0.25) is 0 Å². The molecule has 5 aromatic rings.